The summed E-state index contributed by atoms with van der Waals surface area (Å²) in [4.78, 5) is 13.3. The van der Waals surface area contributed by atoms with Gasteiger partial charge in [-0.1, -0.05) is 32.9 Å². The maximum absolute atomic E-state index is 13.3. The summed E-state index contributed by atoms with van der Waals surface area (Å²) in [6.45, 7) is 6.73. The minimum Gasteiger partial charge on any atom is -0.496 e. The first-order valence-corrected chi connectivity index (χ1v) is 11.9. The lowest BCUT2D eigenvalue weighted by atomic mass is 9.56. The van der Waals surface area contributed by atoms with Crippen LogP contribution in [0.5, 0.6) is 5.75 Å². The van der Waals surface area contributed by atoms with Gasteiger partial charge in [0.15, 0.2) is 5.78 Å². The van der Waals surface area contributed by atoms with Crippen LogP contribution in [0.4, 0.5) is 0 Å². The van der Waals surface area contributed by atoms with Crippen LogP contribution in [0, 0.1) is 5.92 Å². The van der Waals surface area contributed by atoms with Crippen molar-refractivity contribution >= 4 is 29.3 Å². The van der Waals surface area contributed by atoms with Gasteiger partial charge < -0.3 is 4.74 Å². The van der Waals surface area contributed by atoms with Crippen molar-refractivity contribution in [2.75, 3.05) is 19.6 Å². The van der Waals surface area contributed by atoms with Crippen molar-refractivity contribution in [2.24, 2.45) is 5.92 Å². The third-order valence-corrected chi connectivity index (χ3v) is 8.54. The third kappa shape index (κ3) is 3.03. The molecule has 2 aliphatic rings. The Morgan fingerprint density at radius 1 is 1.23 bits per heavy atom. The molecule has 0 saturated heterocycles. The first-order chi connectivity index (χ1) is 12.4. The fourth-order valence-electron chi connectivity index (χ4n) is 4.90. The van der Waals surface area contributed by atoms with E-state index in [-0.39, 0.29) is 11.3 Å². The van der Waals surface area contributed by atoms with E-state index in [2.05, 4.69) is 45.4 Å². The van der Waals surface area contributed by atoms with Gasteiger partial charge in [0.1, 0.15) is 5.75 Å². The summed E-state index contributed by atoms with van der Waals surface area (Å²) >= 11 is 3.43. The van der Waals surface area contributed by atoms with Crippen molar-refractivity contribution < 1.29 is 9.53 Å². The highest BCUT2D eigenvalue weighted by molar-refractivity contribution is 8.21. The van der Waals surface area contributed by atoms with Gasteiger partial charge in [-0.15, -0.1) is 23.5 Å². The molecule has 1 aromatic carbocycles. The summed E-state index contributed by atoms with van der Waals surface area (Å²) in [5, 5.41) is 0. The first-order valence-electron chi connectivity index (χ1n) is 9.44. The molecule has 0 aliphatic heterocycles. The van der Waals surface area contributed by atoms with Crippen molar-refractivity contribution in [3.63, 3.8) is 0 Å². The van der Waals surface area contributed by atoms with Gasteiger partial charge in [-0.2, -0.15) is 0 Å². The van der Waals surface area contributed by atoms with Gasteiger partial charge in [-0.3, -0.25) is 4.79 Å². The molecule has 3 rings (SSSR count). The number of hydrogen-bond acceptors (Lipinski definition) is 4. The maximum atomic E-state index is 13.3. The molecule has 2 atom stereocenters. The molecule has 26 heavy (non-hydrogen) atoms. The smallest absolute Gasteiger partial charge is 0.164 e. The van der Waals surface area contributed by atoms with Crippen LogP contribution in [-0.4, -0.2) is 25.4 Å². The molecule has 1 saturated carbocycles. The fraction of sp³-hybridized carbons (Fsp3) is 0.591. The highest BCUT2D eigenvalue weighted by Crippen LogP contribution is 2.53. The molecule has 2 nitrogen and oxygen atoms in total. The predicted molar refractivity (Wildman–Crippen MR) is 115 cm³/mol. The van der Waals surface area contributed by atoms with Crippen LogP contribution in [0.15, 0.2) is 21.9 Å². The van der Waals surface area contributed by atoms with Crippen LogP contribution in [0.1, 0.15) is 62.6 Å². The predicted octanol–water partition coefficient (Wildman–Crippen LogP) is 5.94. The molecule has 0 amide bonds. The van der Waals surface area contributed by atoms with Crippen molar-refractivity contribution in [3.8, 4) is 5.75 Å². The Kier molecular flexibility index (Phi) is 5.83. The topological polar surface area (TPSA) is 26.3 Å². The number of fused-ring (bicyclic) bond motifs is 3. The molecule has 0 aromatic heterocycles. The van der Waals surface area contributed by atoms with Crippen LogP contribution in [-0.2, 0) is 16.6 Å². The number of carbonyl (C=O) groups is 1. The van der Waals surface area contributed by atoms with Gasteiger partial charge in [0, 0.05) is 21.1 Å². The van der Waals surface area contributed by atoms with Gasteiger partial charge >= 0.3 is 0 Å². The molecule has 0 heterocycles. The van der Waals surface area contributed by atoms with Gasteiger partial charge in [0.05, 0.1) is 7.11 Å². The highest BCUT2D eigenvalue weighted by atomic mass is 32.2. The Hall–Kier alpha value is -0.870. The van der Waals surface area contributed by atoms with E-state index in [9.17, 15) is 4.79 Å². The van der Waals surface area contributed by atoms with Gasteiger partial charge in [0.25, 0.3) is 0 Å². The van der Waals surface area contributed by atoms with Crippen molar-refractivity contribution in [3.05, 3.63) is 38.6 Å². The standard InChI is InChI=1S/C22H30O2S2/c1-13(2)14-7-9-17-15(20(14)24-4)8-10-18-19(23)16(21(25-5)26-6)11-12-22(17,18)3/h7,9,13,18H,8,10-12H2,1-6H3/t18-,22+/m0/s1. The molecule has 0 radical (unpaired) electrons. The van der Waals surface area contributed by atoms with Crippen molar-refractivity contribution in [1.82, 2.24) is 0 Å². The number of thioether (sulfide) groups is 2. The zero-order chi connectivity index (χ0) is 19.1. The van der Waals surface area contributed by atoms with Crippen LogP contribution >= 0.6 is 23.5 Å². The molecule has 1 aromatic rings. The number of hydrogen-bond donors (Lipinski definition) is 0. The van der Waals surface area contributed by atoms with E-state index in [4.69, 9.17) is 4.74 Å². The summed E-state index contributed by atoms with van der Waals surface area (Å²) < 4.78 is 7.05. The van der Waals surface area contributed by atoms with E-state index in [0.717, 1.165) is 37.0 Å². The Bertz CT molecular complexity index is 745. The van der Waals surface area contributed by atoms with Gasteiger partial charge in [-0.05, 0) is 60.8 Å². The van der Waals surface area contributed by atoms with Gasteiger partial charge in [0.2, 0.25) is 0 Å². The Morgan fingerprint density at radius 3 is 2.50 bits per heavy atom. The van der Waals surface area contributed by atoms with Crippen molar-refractivity contribution in [2.45, 2.75) is 57.8 Å². The van der Waals surface area contributed by atoms with E-state index in [0.29, 0.717) is 11.7 Å². The van der Waals surface area contributed by atoms with E-state index < -0.39 is 0 Å². The minimum absolute atomic E-state index is 0.0706. The quantitative estimate of drug-likeness (QED) is 0.594. The second kappa shape index (κ2) is 7.63. The Morgan fingerprint density at radius 2 is 1.92 bits per heavy atom. The van der Waals surface area contributed by atoms with E-state index in [1.807, 2.05) is 0 Å². The monoisotopic (exact) mass is 390 g/mol. The van der Waals surface area contributed by atoms with Gasteiger partial charge in [-0.25, -0.2) is 0 Å². The number of methoxy groups -OCH3 is 1. The highest BCUT2D eigenvalue weighted by Gasteiger charge is 2.49. The number of carbonyl (C=O) groups excluding carboxylic acids is 1. The normalized spacial score (nSPS) is 25.1. The molecule has 0 bridgehead atoms. The molecule has 142 valence electrons. The number of benzene rings is 1. The molecular weight excluding hydrogens is 360 g/mol. The maximum Gasteiger partial charge on any atom is 0.164 e. The van der Waals surface area contributed by atoms with Crippen LogP contribution in [0.2, 0.25) is 0 Å². The molecular formula is C22H30O2S2. The average Bonchev–Trinajstić information content (AvgIpc) is 2.63. The number of ketones is 1. The van der Waals surface area contributed by atoms with Crippen LogP contribution < -0.4 is 4.74 Å². The SMILES string of the molecule is COc1c(C(C)C)ccc2c1CC[C@H]1C(=O)C(=C(SC)SC)CC[C@]21C. The van der Waals surface area contributed by atoms with E-state index in [1.54, 1.807) is 30.6 Å². The number of allylic oxidation sites excluding steroid dienone is 1. The largest absolute Gasteiger partial charge is 0.496 e. The molecule has 0 unspecified atom stereocenters. The van der Waals surface area contributed by atoms with E-state index in [1.165, 1.54) is 20.9 Å². The second-order valence-electron chi connectivity index (χ2n) is 7.92. The zero-order valence-corrected chi connectivity index (χ0v) is 18.4. The van der Waals surface area contributed by atoms with E-state index >= 15 is 0 Å². The summed E-state index contributed by atoms with van der Waals surface area (Å²) in [5.74, 6) is 1.98. The summed E-state index contributed by atoms with van der Waals surface area (Å²) in [7, 11) is 1.78. The molecule has 4 heteroatoms. The first kappa shape index (κ1) is 19.9. The van der Waals surface area contributed by atoms with Crippen LogP contribution in [0.25, 0.3) is 0 Å². The Labute approximate surface area is 166 Å². The third-order valence-electron chi connectivity index (χ3n) is 6.31. The summed E-state index contributed by atoms with van der Waals surface area (Å²) in [6.07, 6.45) is 7.95. The average molecular weight is 391 g/mol. The molecule has 1 fully saturated rings. The lowest BCUT2D eigenvalue weighted by Crippen LogP contribution is -2.45. The minimum atomic E-state index is -0.0706. The Balaban J connectivity index is 2.09. The lowest BCUT2D eigenvalue weighted by Gasteiger charge is -2.46. The molecule has 0 spiro atoms. The van der Waals surface area contributed by atoms with Crippen molar-refractivity contribution in [1.29, 1.82) is 0 Å². The fourth-order valence-corrected chi connectivity index (χ4v) is 6.46. The second-order valence-corrected chi connectivity index (χ2v) is 9.81. The molecule has 0 N–H and O–H groups in total. The summed E-state index contributed by atoms with van der Waals surface area (Å²) in [6, 6.07) is 4.51. The lowest BCUT2D eigenvalue weighted by molar-refractivity contribution is -0.123. The van der Waals surface area contributed by atoms with Crippen LogP contribution in [0.3, 0.4) is 0 Å². The summed E-state index contributed by atoms with van der Waals surface area (Å²) in [5.41, 5.74) is 4.97. The molecule has 2 aliphatic carbocycles. The number of rotatable bonds is 4. The number of Topliss-reactive ketones (excluding diaryl/α,β-unsaturated/α-hetero) is 1. The zero-order valence-electron chi connectivity index (χ0n) is 16.8. The number of ether oxygens (including phenoxy) is 1.